The zero-order chi connectivity index (χ0) is 18.8. The Labute approximate surface area is 162 Å². The number of carbonyl (C=O) groups excluding carboxylic acids is 1. The third kappa shape index (κ3) is 3.38. The zero-order valence-corrected chi connectivity index (χ0v) is 15.5. The number of fused-ring (bicyclic) bond motifs is 1. The van der Waals surface area contributed by atoms with Crippen molar-refractivity contribution in [1.29, 1.82) is 5.26 Å². The van der Waals surface area contributed by atoms with E-state index in [4.69, 9.17) is 5.26 Å². The number of carbonyl (C=O) groups is 1. The minimum Gasteiger partial charge on any atom is -0.325 e. The molecule has 1 aromatic carbocycles. The lowest BCUT2D eigenvalue weighted by molar-refractivity contribution is -0.116. The van der Waals surface area contributed by atoms with Crippen molar-refractivity contribution in [2.24, 2.45) is 0 Å². The van der Waals surface area contributed by atoms with Gasteiger partial charge in [-0.25, -0.2) is 4.98 Å². The van der Waals surface area contributed by atoms with Gasteiger partial charge in [0.2, 0.25) is 5.91 Å². The summed E-state index contributed by atoms with van der Waals surface area (Å²) in [5.41, 5.74) is 1.69. The maximum absolute atomic E-state index is 12.9. The van der Waals surface area contributed by atoms with Crippen LogP contribution in [0, 0.1) is 11.3 Å². The first kappa shape index (κ1) is 17.1. The van der Waals surface area contributed by atoms with Gasteiger partial charge in [0.25, 0.3) is 5.56 Å². The third-order valence-electron chi connectivity index (χ3n) is 3.96. The van der Waals surface area contributed by atoms with Crippen molar-refractivity contribution in [2.75, 3.05) is 5.32 Å². The molecule has 0 bridgehead atoms. The second-order valence-electron chi connectivity index (χ2n) is 5.72. The monoisotopic (exact) mass is 392 g/mol. The van der Waals surface area contributed by atoms with E-state index in [-0.39, 0.29) is 18.0 Å². The first-order valence-corrected chi connectivity index (χ1v) is 9.72. The van der Waals surface area contributed by atoms with Crippen LogP contribution in [0.1, 0.15) is 5.56 Å². The van der Waals surface area contributed by atoms with Crippen LogP contribution >= 0.6 is 22.7 Å². The zero-order valence-electron chi connectivity index (χ0n) is 13.9. The Morgan fingerprint density at radius 2 is 2.04 bits per heavy atom. The fourth-order valence-corrected chi connectivity index (χ4v) is 4.40. The summed E-state index contributed by atoms with van der Waals surface area (Å²) >= 11 is 2.97. The van der Waals surface area contributed by atoms with Crippen LogP contribution in [-0.4, -0.2) is 15.5 Å². The van der Waals surface area contributed by atoms with Crippen molar-refractivity contribution >= 4 is 44.5 Å². The Morgan fingerprint density at radius 1 is 1.22 bits per heavy atom. The van der Waals surface area contributed by atoms with Gasteiger partial charge in [-0.1, -0.05) is 6.07 Å². The molecule has 0 saturated carbocycles. The molecule has 0 radical (unpaired) electrons. The Bertz CT molecular complexity index is 1220. The molecular weight excluding hydrogens is 380 g/mol. The summed E-state index contributed by atoms with van der Waals surface area (Å²) in [5, 5.41) is 16.0. The summed E-state index contributed by atoms with van der Waals surface area (Å²) in [6.45, 7) is -0.137. The normalized spacial score (nSPS) is 10.6. The molecule has 0 aliphatic carbocycles. The van der Waals surface area contributed by atoms with Crippen LogP contribution in [0.25, 0.3) is 20.7 Å². The van der Waals surface area contributed by atoms with Crippen LogP contribution in [-0.2, 0) is 11.3 Å². The predicted molar refractivity (Wildman–Crippen MR) is 107 cm³/mol. The Morgan fingerprint density at radius 3 is 2.74 bits per heavy atom. The van der Waals surface area contributed by atoms with E-state index < -0.39 is 0 Å². The van der Waals surface area contributed by atoms with Gasteiger partial charge in [-0.3, -0.25) is 14.2 Å². The van der Waals surface area contributed by atoms with Crippen LogP contribution in [0.2, 0.25) is 0 Å². The summed E-state index contributed by atoms with van der Waals surface area (Å²) in [5.74, 6) is -0.337. The van der Waals surface area contributed by atoms with Crippen molar-refractivity contribution in [3.8, 4) is 16.5 Å². The molecule has 0 unspecified atom stereocenters. The molecule has 1 N–H and O–H groups in total. The number of nitrogens with zero attached hydrogens (tertiary/aromatic N) is 3. The highest BCUT2D eigenvalue weighted by atomic mass is 32.1. The molecule has 0 aliphatic rings. The number of rotatable bonds is 4. The summed E-state index contributed by atoms with van der Waals surface area (Å²) in [6.07, 6.45) is 1.40. The molecule has 1 amide bonds. The molecule has 27 heavy (non-hydrogen) atoms. The number of nitriles is 1. The molecule has 4 rings (SSSR count). The number of nitrogens with one attached hydrogen (secondary N) is 1. The lowest BCUT2D eigenvalue weighted by Crippen LogP contribution is -2.27. The van der Waals surface area contributed by atoms with Gasteiger partial charge >= 0.3 is 0 Å². The molecule has 132 valence electrons. The topological polar surface area (TPSA) is 87.8 Å². The van der Waals surface area contributed by atoms with Crippen molar-refractivity contribution in [3.05, 3.63) is 69.4 Å². The van der Waals surface area contributed by atoms with Gasteiger partial charge in [0.15, 0.2) is 0 Å². The molecule has 4 aromatic rings. The predicted octanol–water partition coefficient (Wildman–Crippen LogP) is 3.70. The molecular formula is C19H12N4O2S2. The summed E-state index contributed by atoms with van der Waals surface area (Å²) in [7, 11) is 0. The number of amides is 1. The van der Waals surface area contributed by atoms with Gasteiger partial charge in [0.1, 0.15) is 11.4 Å². The van der Waals surface area contributed by atoms with Gasteiger partial charge in [0, 0.05) is 21.5 Å². The smallest absolute Gasteiger partial charge is 0.263 e. The van der Waals surface area contributed by atoms with E-state index in [0.717, 1.165) is 10.4 Å². The van der Waals surface area contributed by atoms with E-state index in [2.05, 4.69) is 10.3 Å². The first-order valence-electron chi connectivity index (χ1n) is 7.96. The Kier molecular flexibility index (Phi) is 4.54. The molecule has 3 aromatic heterocycles. The highest BCUT2D eigenvalue weighted by Crippen LogP contribution is 2.33. The molecule has 0 aliphatic heterocycles. The summed E-state index contributed by atoms with van der Waals surface area (Å²) in [6, 6.07) is 12.4. The third-order valence-corrected chi connectivity index (χ3v) is 5.75. The summed E-state index contributed by atoms with van der Waals surface area (Å²) < 4.78 is 1.31. The minimum atomic E-state index is -0.337. The summed E-state index contributed by atoms with van der Waals surface area (Å²) in [4.78, 5) is 31.2. The van der Waals surface area contributed by atoms with Gasteiger partial charge in [0.05, 0.1) is 23.3 Å². The lowest BCUT2D eigenvalue weighted by Gasteiger charge is -2.07. The number of hydrogen-bond acceptors (Lipinski definition) is 6. The van der Waals surface area contributed by atoms with E-state index in [1.807, 2.05) is 29.0 Å². The van der Waals surface area contributed by atoms with Crippen molar-refractivity contribution in [3.63, 3.8) is 0 Å². The molecule has 3 heterocycles. The highest BCUT2D eigenvalue weighted by Gasteiger charge is 2.15. The number of hydrogen-bond donors (Lipinski definition) is 1. The van der Waals surface area contributed by atoms with Crippen LogP contribution in [0.5, 0.6) is 0 Å². The quantitative estimate of drug-likeness (QED) is 0.574. The molecule has 0 spiro atoms. The molecule has 0 atom stereocenters. The van der Waals surface area contributed by atoms with E-state index >= 15 is 0 Å². The SMILES string of the molecule is N#Cc1ccc(NC(=O)Cn2cnc3scc(-c4cccs4)c3c2=O)cc1. The van der Waals surface area contributed by atoms with Gasteiger partial charge in [-0.2, -0.15) is 5.26 Å². The number of aromatic nitrogens is 2. The molecule has 0 fully saturated rings. The fourth-order valence-electron chi connectivity index (χ4n) is 2.68. The second kappa shape index (κ2) is 7.15. The second-order valence-corrected chi connectivity index (χ2v) is 7.53. The minimum absolute atomic E-state index is 0.137. The fraction of sp³-hybridized carbons (Fsp3) is 0.0526. The van der Waals surface area contributed by atoms with Crippen LogP contribution in [0.4, 0.5) is 5.69 Å². The number of thiophene rings is 2. The van der Waals surface area contributed by atoms with Crippen molar-refractivity contribution < 1.29 is 4.79 Å². The molecule has 0 saturated heterocycles. The molecule has 8 heteroatoms. The average molecular weight is 392 g/mol. The van der Waals surface area contributed by atoms with Gasteiger partial charge in [-0.05, 0) is 35.7 Å². The van der Waals surface area contributed by atoms with Gasteiger partial charge in [-0.15, -0.1) is 22.7 Å². The lowest BCUT2D eigenvalue weighted by atomic mass is 10.2. The maximum atomic E-state index is 12.9. The number of benzene rings is 1. The molecule has 6 nitrogen and oxygen atoms in total. The van der Waals surface area contributed by atoms with Crippen LogP contribution in [0.3, 0.4) is 0 Å². The largest absolute Gasteiger partial charge is 0.325 e. The van der Waals surface area contributed by atoms with Crippen molar-refractivity contribution in [1.82, 2.24) is 9.55 Å². The van der Waals surface area contributed by atoms with E-state index in [0.29, 0.717) is 21.5 Å². The van der Waals surface area contributed by atoms with E-state index in [1.165, 1.54) is 22.2 Å². The van der Waals surface area contributed by atoms with Gasteiger partial charge < -0.3 is 5.32 Å². The first-order chi connectivity index (χ1) is 13.2. The Balaban J connectivity index is 1.61. The maximum Gasteiger partial charge on any atom is 0.263 e. The average Bonchev–Trinajstić information content (AvgIpc) is 3.34. The number of anilines is 1. The Hall–Kier alpha value is -3.28. The van der Waals surface area contributed by atoms with E-state index in [9.17, 15) is 9.59 Å². The van der Waals surface area contributed by atoms with Crippen LogP contribution in [0.15, 0.2) is 58.3 Å². The van der Waals surface area contributed by atoms with E-state index in [1.54, 1.807) is 35.6 Å². The van der Waals surface area contributed by atoms with Crippen molar-refractivity contribution in [2.45, 2.75) is 6.54 Å². The standard InChI is InChI=1S/C19H12N4O2S2/c20-8-12-3-5-13(6-4-12)22-16(24)9-23-11-21-18-17(19(23)25)14(10-27-18)15-2-1-7-26-15/h1-7,10-11H,9H2,(H,22,24). The highest BCUT2D eigenvalue weighted by molar-refractivity contribution is 7.18. The van der Waals surface area contributed by atoms with Crippen LogP contribution < -0.4 is 10.9 Å².